The van der Waals surface area contributed by atoms with Gasteiger partial charge in [0, 0.05) is 24.7 Å². The molecular formula is C16H20N4. The molecule has 2 aromatic heterocycles. The lowest BCUT2D eigenvalue weighted by Crippen LogP contribution is -2.17. The zero-order valence-corrected chi connectivity index (χ0v) is 12.3. The molecule has 1 unspecified atom stereocenters. The van der Waals surface area contributed by atoms with Crippen molar-refractivity contribution < 1.29 is 0 Å². The lowest BCUT2D eigenvalue weighted by molar-refractivity contribution is 0.582. The number of rotatable bonds is 2. The molecule has 0 aliphatic heterocycles. The maximum absolute atomic E-state index is 4.71. The first-order valence-corrected chi connectivity index (χ1v) is 7.17. The molecule has 4 heteroatoms. The lowest BCUT2D eigenvalue weighted by Gasteiger charge is -2.25. The number of anilines is 1. The highest BCUT2D eigenvalue weighted by Gasteiger charge is 2.26. The Hall–Kier alpha value is -1.97. The lowest BCUT2D eigenvalue weighted by atomic mass is 9.83. The van der Waals surface area contributed by atoms with Gasteiger partial charge in [0.05, 0.1) is 11.4 Å². The van der Waals surface area contributed by atoms with Crippen molar-refractivity contribution >= 4 is 5.82 Å². The van der Waals surface area contributed by atoms with Crippen LogP contribution in [0, 0.1) is 13.8 Å². The molecule has 0 bridgehead atoms. The van der Waals surface area contributed by atoms with Gasteiger partial charge >= 0.3 is 0 Å². The number of fused-ring (bicyclic) bond motifs is 1. The van der Waals surface area contributed by atoms with Gasteiger partial charge in [-0.2, -0.15) is 0 Å². The molecule has 20 heavy (non-hydrogen) atoms. The SMILES string of the molecule is CNc1nc(C)nc(C2CCCc3cccnc32)c1C. The largest absolute Gasteiger partial charge is 0.373 e. The predicted octanol–water partition coefficient (Wildman–Crippen LogP) is 3.00. The van der Waals surface area contributed by atoms with Gasteiger partial charge in [0.2, 0.25) is 0 Å². The zero-order chi connectivity index (χ0) is 14.1. The number of hydrogen-bond donors (Lipinski definition) is 1. The molecule has 0 saturated heterocycles. The van der Waals surface area contributed by atoms with Crippen LogP contribution in [0.4, 0.5) is 5.82 Å². The Morgan fingerprint density at radius 2 is 2.05 bits per heavy atom. The molecule has 0 amide bonds. The highest BCUT2D eigenvalue weighted by molar-refractivity contribution is 5.48. The molecule has 0 spiro atoms. The normalized spacial score (nSPS) is 17.6. The second-order valence-corrected chi connectivity index (χ2v) is 5.37. The standard InChI is InChI=1S/C16H20N4/c1-10-14(19-11(2)20-16(10)17-3)13-8-4-6-12-7-5-9-18-15(12)13/h5,7,9,13H,4,6,8H2,1-3H3,(H,17,19,20). The van der Waals surface area contributed by atoms with Crippen LogP contribution >= 0.6 is 0 Å². The molecule has 1 atom stereocenters. The number of pyridine rings is 1. The quantitative estimate of drug-likeness (QED) is 0.909. The van der Waals surface area contributed by atoms with E-state index in [-0.39, 0.29) is 0 Å². The first-order chi connectivity index (χ1) is 9.70. The van der Waals surface area contributed by atoms with Gasteiger partial charge in [-0.25, -0.2) is 9.97 Å². The Morgan fingerprint density at radius 1 is 1.20 bits per heavy atom. The van der Waals surface area contributed by atoms with Gasteiger partial charge in [-0.15, -0.1) is 0 Å². The summed E-state index contributed by atoms with van der Waals surface area (Å²) in [4.78, 5) is 13.8. The van der Waals surface area contributed by atoms with Gasteiger partial charge in [-0.05, 0) is 44.7 Å². The molecule has 1 aliphatic carbocycles. The predicted molar refractivity (Wildman–Crippen MR) is 80.1 cm³/mol. The molecule has 4 nitrogen and oxygen atoms in total. The highest BCUT2D eigenvalue weighted by atomic mass is 15.0. The van der Waals surface area contributed by atoms with Crippen molar-refractivity contribution in [2.75, 3.05) is 12.4 Å². The maximum atomic E-state index is 4.71. The summed E-state index contributed by atoms with van der Waals surface area (Å²) in [7, 11) is 1.91. The highest BCUT2D eigenvalue weighted by Crippen LogP contribution is 2.36. The van der Waals surface area contributed by atoms with Crippen molar-refractivity contribution in [2.45, 2.75) is 39.0 Å². The Kier molecular flexibility index (Phi) is 3.38. The average Bonchev–Trinajstić information content (AvgIpc) is 2.48. The molecular weight excluding hydrogens is 248 g/mol. The van der Waals surface area contributed by atoms with Crippen LogP contribution in [-0.4, -0.2) is 22.0 Å². The van der Waals surface area contributed by atoms with E-state index < -0.39 is 0 Å². The van der Waals surface area contributed by atoms with E-state index in [0.717, 1.165) is 35.7 Å². The topological polar surface area (TPSA) is 50.7 Å². The molecule has 0 radical (unpaired) electrons. The van der Waals surface area contributed by atoms with Crippen molar-refractivity contribution in [3.05, 3.63) is 46.7 Å². The van der Waals surface area contributed by atoms with Crippen molar-refractivity contribution in [3.8, 4) is 0 Å². The van der Waals surface area contributed by atoms with E-state index in [1.54, 1.807) is 0 Å². The third kappa shape index (κ3) is 2.15. The van der Waals surface area contributed by atoms with Crippen molar-refractivity contribution in [1.82, 2.24) is 15.0 Å². The van der Waals surface area contributed by atoms with E-state index in [4.69, 9.17) is 4.98 Å². The van der Waals surface area contributed by atoms with Crippen LogP contribution in [0.1, 0.15) is 47.1 Å². The van der Waals surface area contributed by atoms with E-state index >= 15 is 0 Å². The fourth-order valence-electron chi connectivity index (χ4n) is 3.11. The van der Waals surface area contributed by atoms with E-state index in [1.807, 2.05) is 26.2 Å². The van der Waals surface area contributed by atoms with E-state index in [9.17, 15) is 0 Å². The Bertz CT molecular complexity index is 636. The summed E-state index contributed by atoms with van der Waals surface area (Å²) in [5, 5.41) is 3.17. The second-order valence-electron chi connectivity index (χ2n) is 5.37. The molecule has 104 valence electrons. The van der Waals surface area contributed by atoms with E-state index in [2.05, 4.69) is 28.3 Å². The number of nitrogens with zero attached hydrogens (tertiary/aromatic N) is 3. The summed E-state index contributed by atoms with van der Waals surface area (Å²) in [6, 6.07) is 4.22. The second kappa shape index (κ2) is 5.19. The van der Waals surface area contributed by atoms with Crippen LogP contribution in [0.2, 0.25) is 0 Å². The first kappa shape index (κ1) is 13.0. The van der Waals surface area contributed by atoms with Gasteiger partial charge in [0.25, 0.3) is 0 Å². The fourth-order valence-corrected chi connectivity index (χ4v) is 3.11. The van der Waals surface area contributed by atoms with Gasteiger partial charge in [0.1, 0.15) is 11.6 Å². The van der Waals surface area contributed by atoms with Crippen molar-refractivity contribution in [2.24, 2.45) is 0 Å². The average molecular weight is 268 g/mol. The van der Waals surface area contributed by atoms with Crippen LogP contribution in [0.15, 0.2) is 18.3 Å². The van der Waals surface area contributed by atoms with Gasteiger partial charge in [0.15, 0.2) is 0 Å². The smallest absolute Gasteiger partial charge is 0.132 e. The van der Waals surface area contributed by atoms with Crippen LogP contribution in [0.3, 0.4) is 0 Å². The number of aryl methyl sites for hydroxylation is 2. The summed E-state index contributed by atoms with van der Waals surface area (Å²) >= 11 is 0. The first-order valence-electron chi connectivity index (χ1n) is 7.17. The summed E-state index contributed by atoms with van der Waals surface area (Å²) in [5.74, 6) is 2.04. The summed E-state index contributed by atoms with van der Waals surface area (Å²) in [5.41, 5.74) is 4.83. The molecule has 0 aromatic carbocycles. The molecule has 1 N–H and O–H groups in total. The number of nitrogens with one attached hydrogen (secondary N) is 1. The Morgan fingerprint density at radius 3 is 2.85 bits per heavy atom. The van der Waals surface area contributed by atoms with E-state index in [1.165, 1.54) is 17.7 Å². The molecule has 0 saturated carbocycles. The number of hydrogen-bond acceptors (Lipinski definition) is 4. The minimum atomic E-state index is 0.300. The molecule has 3 rings (SSSR count). The minimum absolute atomic E-state index is 0.300. The summed E-state index contributed by atoms with van der Waals surface area (Å²) in [6.07, 6.45) is 5.33. The molecule has 0 fully saturated rings. The molecule has 2 heterocycles. The monoisotopic (exact) mass is 268 g/mol. The van der Waals surface area contributed by atoms with Crippen LogP contribution in [0.25, 0.3) is 0 Å². The Labute approximate surface area is 119 Å². The van der Waals surface area contributed by atoms with Crippen LogP contribution < -0.4 is 5.32 Å². The molecule has 2 aromatic rings. The van der Waals surface area contributed by atoms with Gasteiger partial charge in [-0.3, -0.25) is 4.98 Å². The molecule has 1 aliphatic rings. The summed E-state index contributed by atoms with van der Waals surface area (Å²) in [6.45, 7) is 4.05. The van der Waals surface area contributed by atoms with Crippen LogP contribution in [0.5, 0.6) is 0 Å². The van der Waals surface area contributed by atoms with Gasteiger partial charge in [-0.1, -0.05) is 6.07 Å². The zero-order valence-electron chi connectivity index (χ0n) is 12.3. The van der Waals surface area contributed by atoms with Crippen molar-refractivity contribution in [1.29, 1.82) is 0 Å². The van der Waals surface area contributed by atoms with Crippen LogP contribution in [-0.2, 0) is 6.42 Å². The summed E-state index contributed by atoms with van der Waals surface area (Å²) < 4.78 is 0. The van der Waals surface area contributed by atoms with Crippen molar-refractivity contribution in [3.63, 3.8) is 0 Å². The fraction of sp³-hybridized carbons (Fsp3) is 0.438. The minimum Gasteiger partial charge on any atom is -0.373 e. The third-order valence-corrected chi connectivity index (χ3v) is 4.06. The Balaban J connectivity index is 2.13. The third-order valence-electron chi connectivity index (χ3n) is 4.06. The van der Waals surface area contributed by atoms with E-state index in [0.29, 0.717) is 5.92 Å². The van der Waals surface area contributed by atoms with Gasteiger partial charge < -0.3 is 5.32 Å². The maximum Gasteiger partial charge on any atom is 0.132 e. The number of aromatic nitrogens is 3.